The molecule has 1 saturated heterocycles. The van der Waals surface area contributed by atoms with Gasteiger partial charge in [-0.3, -0.25) is 9.88 Å². The van der Waals surface area contributed by atoms with Crippen LogP contribution < -0.4 is 0 Å². The molecular formula is C17H18N4OS. The van der Waals surface area contributed by atoms with Gasteiger partial charge >= 0.3 is 0 Å². The van der Waals surface area contributed by atoms with Gasteiger partial charge in [-0.15, -0.1) is 11.3 Å². The number of aromatic nitrogens is 3. The monoisotopic (exact) mass is 326 g/mol. The molecule has 0 bridgehead atoms. The number of nitrogens with zero attached hydrogens (tertiary/aromatic N) is 4. The molecule has 1 fully saturated rings. The van der Waals surface area contributed by atoms with Gasteiger partial charge < -0.3 is 4.52 Å². The van der Waals surface area contributed by atoms with Gasteiger partial charge in [-0.25, -0.2) is 0 Å². The first-order valence-electron chi connectivity index (χ1n) is 7.91. The minimum Gasteiger partial charge on any atom is -0.337 e. The van der Waals surface area contributed by atoms with E-state index in [1.807, 2.05) is 35.8 Å². The Hall–Kier alpha value is -2.05. The van der Waals surface area contributed by atoms with E-state index in [0.29, 0.717) is 5.82 Å². The second-order valence-electron chi connectivity index (χ2n) is 5.74. The van der Waals surface area contributed by atoms with Crippen molar-refractivity contribution in [2.24, 2.45) is 0 Å². The van der Waals surface area contributed by atoms with Crippen LogP contribution in [0.4, 0.5) is 0 Å². The summed E-state index contributed by atoms with van der Waals surface area (Å²) in [4.78, 5) is 12.5. The standard InChI is InChI=1S/C17H18N4OS/c1-3-9-18-13(6-1)12-21-10-4-2-7-14(21)17-19-16(20-22-17)15-8-5-11-23-15/h1,3,5-6,8-9,11,14H,2,4,7,10,12H2. The summed E-state index contributed by atoms with van der Waals surface area (Å²) in [6, 6.07) is 10.3. The van der Waals surface area contributed by atoms with E-state index < -0.39 is 0 Å². The maximum absolute atomic E-state index is 5.58. The molecule has 0 aliphatic carbocycles. The molecule has 0 radical (unpaired) electrons. The maximum atomic E-state index is 5.58. The lowest BCUT2D eigenvalue weighted by Gasteiger charge is -2.32. The number of pyridine rings is 1. The quantitative estimate of drug-likeness (QED) is 0.727. The molecule has 118 valence electrons. The lowest BCUT2D eigenvalue weighted by molar-refractivity contribution is 0.110. The molecule has 1 aliphatic heterocycles. The van der Waals surface area contributed by atoms with E-state index in [1.165, 1.54) is 12.8 Å². The second-order valence-corrected chi connectivity index (χ2v) is 6.68. The van der Waals surface area contributed by atoms with E-state index in [2.05, 4.69) is 26.1 Å². The highest BCUT2D eigenvalue weighted by Gasteiger charge is 2.29. The van der Waals surface area contributed by atoms with Gasteiger partial charge in [0.15, 0.2) is 0 Å². The van der Waals surface area contributed by atoms with Crippen LogP contribution in [0, 0.1) is 0 Å². The molecular weight excluding hydrogens is 308 g/mol. The summed E-state index contributed by atoms with van der Waals surface area (Å²) in [5.74, 6) is 1.42. The maximum Gasteiger partial charge on any atom is 0.244 e. The zero-order valence-electron chi connectivity index (χ0n) is 12.8. The Labute approximate surface area is 139 Å². The molecule has 4 rings (SSSR count). The summed E-state index contributed by atoms with van der Waals surface area (Å²) in [7, 11) is 0. The van der Waals surface area contributed by atoms with E-state index in [9.17, 15) is 0 Å². The number of hydrogen-bond donors (Lipinski definition) is 0. The summed E-state index contributed by atoms with van der Waals surface area (Å²) in [5, 5.41) is 6.18. The summed E-state index contributed by atoms with van der Waals surface area (Å²) < 4.78 is 5.58. The minimum atomic E-state index is 0.187. The van der Waals surface area contributed by atoms with Crippen molar-refractivity contribution in [3.63, 3.8) is 0 Å². The normalized spacial score (nSPS) is 19.0. The van der Waals surface area contributed by atoms with Gasteiger partial charge in [0.25, 0.3) is 0 Å². The fourth-order valence-corrected chi connectivity index (χ4v) is 3.69. The molecule has 6 heteroatoms. The van der Waals surface area contributed by atoms with Crippen LogP contribution >= 0.6 is 11.3 Å². The van der Waals surface area contributed by atoms with Crippen LogP contribution in [0.15, 0.2) is 46.4 Å². The van der Waals surface area contributed by atoms with E-state index in [1.54, 1.807) is 11.3 Å². The van der Waals surface area contributed by atoms with Gasteiger partial charge in [-0.1, -0.05) is 23.7 Å². The van der Waals surface area contributed by atoms with Gasteiger partial charge in [0.2, 0.25) is 11.7 Å². The van der Waals surface area contributed by atoms with Crippen LogP contribution in [0.25, 0.3) is 10.7 Å². The number of likely N-dealkylation sites (tertiary alicyclic amines) is 1. The third-order valence-electron chi connectivity index (χ3n) is 4.17. The summed E-state index contributed by atoms with van der Waals surface area (Å²) in [5.41, 5.74) is 1.08. The predicted molar refractivity (Wildman–Crippen MR) is 88.9 cm³/mol. The average molecular weight is 326 g/mol. The third kappa shape index (κ3) is 3.18. The SMILES string of the molecule is c1ccc(CN2CCCCC2c2nc(-c3cccs3)no2)nc1. The van der Waals surface area contributed by atoms with E-state index >= 15 is 0 Å². The molecule has 1 atom stereocenters. The summed E-state index contributed by atoms with van der Waals surface area (Å²) in [6.45, 7) is 1.86. The van der Waals surface area contributed by atoms with Crippen molar-refractivity contribution in [2.75, 3.05) is 6.54 Å². The van der Waals surface area contributed by atoms with Crippen molar-refractivity contribution in [3.05, 3.63) is 53.5 Å². The molecule has 5 nitrogen and oxygen atoms in total. The fraction of sp³-hybridized carbons (Fsp3) is 0.353. The highest BCUT2D eigenvalue weighted by Crippen LogP contribution is 2.32. The first-order valence-corrected chi connectivity index (χ1v) is 8.79. The predicted octanol–water partition coefficient (Wildman–Crippen LogP) is 3.92. The van der Waals surface area contributed by atoms with Gasteiger partial charge in [0.05, 0.1) is 16.6 Å². The summed E-state index contributed by atoms with van der Waals surface area (Å²) >= 11 is 1.63. The Kier molecular flexibility index (Phi) is 4.17. The van der Waals surface area contributed by atoms with Crippen LogP contribution in [0.2, 0.25) is 0 Å². The Morgan fingerprint density at radius 2 is 2.22 bits per heavy atom. The smallest absolute Gasteiger partial charge is 0.244 e. The Morgan fingerprint density at radius 1 is 1.22 bits per heavy atom. The van der Waals surface area contributed by atoms with Crippen LogP contribution in [-0.2, 0) is 6.54 Å². The zero-order chi connectivity index (χ0) is 15.5. The molecule has 23 heavy (non-hydrogen) atoms. The van der Waals surface area contributed by atoms with E-state index in [-0.39, 0.29) is 6.04 Å². The fourth-order valence-electron chi connectivity index (χ4n) is 3.04. The number of thiophene rings is 1. The van der Waals surface area contributed by atoms with Crippen molar-refractivity contribution in [2.45, 2.75) is 31.8 Å². The number of hydrogen-bond acceptors (Lipinski definition) is 6. The van der Waals surface area contributed by atoms with Crippen LogP contribution in [0.5, 0.6) is 0 Å². The zero-order valence-corrected chi connectivity index (χ0v) is 13.6. The Bertz CT molecular complexity index is 741. The average Bonchev–Trinajstić information content (AvgIpc) is 3.28. The van der Waals surface area contributed by atoms with Crippen molar-refractivity contribution in [1.82, 2.24) is 20.0 Å². The van der Waals surface area contributed by atoms with Gasteiger partial charge in [0, 0.05) is 12.7 Å². The van der Waals surface area contributed by atoms with Gasteiger partial charge in [-0.05, 0) is 43.0 Å². The minimum absolute atomic E-state index is 0.187. The molecule has 0 amide bonds. The number of piperidine rings is 1. The highest BCUT2D eigenvalue weighted by molar-refractivity contribution is 7.13. The first kappa shape index (κ1) is 14.5. The molecule has 3 aromatic heterocycles. The number of rotatable bonds is 4. The molecule has 0 aromatic carbocycles. The second kappa shape index (κ2) is 6.60. The molecule has 1 unspecified atom stereocenters. The van der Waals surface area contributed by atoms with Crippen LogP contribution in [0.3, 0.4) is 0 Å². The van der Waals surface area contributed by atoms with Crippen molar-refractivity contribution >= 4 is 11.3 Å². The van der Waals surface area contributed by atoms with E-state index in [4.69, 9.17) is 4.52 Å². The van der Waals surface area contributed by atoms with Gasteiger partial charge in [-0.2, -0.15) is 4.98 Å². The molecule has 0 spiro atoms. The lowest BCUT2D eigenvalue weighted by Crippen LogP contribution is -2.33. The third-order valence-corrected chi connectivity index (χ3v) is 5.04. The molecule has 4 heterocycles. The van der Waals surface area contributed by atoms with Crippen molar-refractivity contribution < 1.29 is 4.52 Å². The molecule has 0 N–H and O–H groups in total. The molecule has 0 saturated carbocycles. The van der Waals surface area contributed by atoms with Crippen LogP contribution in [0.1, 0.15) is 36.9 Å². The largest absolute Gasteiger partial charge is 0.337 e. The van der Waals surface area contributed by atoms with Gasteiger partial charge in [0.1, 0.15) is 0 Å². The lowest BCUT2D eigenvalue weighted by atomic mass is 10.0. The summed E-state index contributed by atoms with van der Waals surface area (Å²) in [6.07, 6.45) is 5.30. The molecule has 1 aliphatic rings. The first-order chi connectivity index (χ1) is 11.4. The Balaban J connectivity index is 1.55. The molecule has 3 aromatic rings. The Morgan fingerprint density at radius 3 is 3.04 bits per heavy atom. The topological polar surface area (TPSA) is 55.1 Å². The van der Waals surface area contributed by atoms with Crippen molar-refractivity contribution in [1.29, 1.82) is 0 Å². The van der Waals surface area contributed by atoms with Crippen molar-refractivity contribution in [3.8, 4) is 10.7 Å². The van der Waals surface area contributed by atoms with E-state index in [0.717, 1.165) is 36.0 Å². The van der Waals surface area contributed by atoms with Crippen LogP contribution in [-0.4, -0.2) is 26.6 Å². The highest BCUT2D eigenvalue weighted by atomic mass is 32.1.